The van der Waals surface area contributed by atoms with Gasteiger partial charge in [0.25, 0.3) is 0 Å². The number of hydrogen-bond acceptors (Lipinski definition) is 8. The van der Waals surface area contributed by atoms with Crippen LogP contribution in [0.5, 0.6) is 11.8 Å². The molecule has 0 unspecified atom stereocenters. The molecule has 1 aliphatic rings. The molecular weight excluding hydrogens is 681 g/mol. The van der Waals surface area contributed by atoms with Gasteiger partial charge in [-0.1, -0.05) is 13.2 Å². The standard InChI is InChI=1S/C15H15FN2O.C12H18BNO3.C9H9BrFN/c1-9(2)12-7-11(16)8-13(15(12)17)10-4-5-18-14(6-10)19-3;1-11(2)12(3,4)17-13(16-11)9-6-7-14-10(8-9)15-5;1-5(2)7-3-6(11)4-8(10)9(7)12/h4-8H,1,17H2,2-3H3;6-8H,1-5H3;3-4H,1,12H2,2H3. The molecule has 0 spiro atoms. The molecule has 0 bridgehead atoms. The molecule has 4 N–H and O–H groups in total. The average molecular weight is 723 g/mol. The molecule has 5 rings (SSSR count). The third-order valence-electron chi connectivity index (χ3n) is 7.91. The van der Waals surface area contributed by atoms with E-state index in [4.69, 9.17) is 30.2 Å². The second kappa shape index (κ2) is 15.8. The fourth-order valence-corrected chi connectivity index (χ4v) is 4.93. The van der Waals surface area contributed by atoms with E-state index in [0.29, 0.717) is 44.3 Å². The number of nitrogens with two attached hydrogens (primary N) is 2. The van der Waals surface area contributed by atoms with Crippen molar-refractivity contribution in [2.75, 3.05) is 25.7 Å². The van der Waals surface area contributed by atoms with Gasteiger partial charge in [-0.3, -0.25) is 0 Å². The van der Waals surface area contributed by atoms with Crippen molar-refractivity contribution in [2.24, 2.45) is 0 Å². The van der Waals surface area contributed by atoms with Crippen LogP contribution in [0.1, 0.15) is 52.7 Å². The Balaban J connectivity index is 0.000000200. The molecule has 1 saturated heterocycles. The van der Waals surface area contributed by atoms with Crippen LogP contribution in [0.25, 0.3) is 22.3 Å². The number of ether oxygens (including phenoxy) is 2. The van der Waals surface area contributed by atoms with Crippen LogP contribution in [0, 0.1) is 11.6 Å². The molecule has 2 aromatic carbocycles. The zero-order chi connectivity index (χ0) is 36.0. The highest BCUT2D eigenvalue weighted by atomic mass is 79.9. The van der Waals surface area contributed by atoms with Crippen molar-refractivity contribution in [1.82, 2.24) is 9.97 Å². The number of anilines is 2. The van der Waals surface area contributed by atoms with E-state index in [-0.39, 0.29) is 30.0 Å². The summed E-state index contributed by atoms with van der Waals surface area (Å²) >= 11 is 3.16. The van der Waals surface area contributed by atoms with Crippen LogP contribution >= 0.6 is 15.9 Å². The molecule has 2 aromatic heterocycles. The first-order chi connectivity index (χ1) is 22.4. The van der Waals surface area contributed by atoms with E-state index in [9.17, 15) is 8.78 Å². The summed E-state index contributed by atoms with van der Waals surface area (Å²) in [7, 11) is 2.76. The third-order valence-corrected chi connectivity index (χ3v) is 8.56. The van der Waals surface area contributed by atoms with E-state index >= 15 is 0 Å². The minimum absolute atomic E-state index is 0.311. The Morgan fingerprint density at radius 2 is 1.25 bits per heavy atom. The number of halogens is 3. The molecule has 0 atom stereocenters. The number of nitrogen functional groups attached to an aromatic ring is 2. The van der Waals surface area contributed by atoms with Crippen molar-refractivity contribution in [3.05, 3.63) is 101 Å². The van der Waals surface area contributed by atoms with Crippen LogP contribution in [0.15, 0.2) is 78.6 Å². The van der Waals surface area contributed by atoms with Gasteiger partial charge in [-0.15, -0.1) is 0 Å². The number of hydrogen-bond donors (Lipinski definition) is 2. The predicted molar refractivity (Wildman–Crippen MR) is 195 cm³/mol. The zero-order valence-electron chi connectivity index (χ0n) is 28.6. The zero-order valence-corrected chi connectivity index (χ0v) is 30.2. The van der Waals surface area contributed by atoms with E-state index in [2.05, 4.69) is 39.1 Å². The maximum atomic E-state index is 13.7. The first-order valence-corrected chi connectivity index (χ1v) is 15.7. The Kier molecular flexibility index (Phi) is 12.5. The van der Waals surface area contributed by atoms with Gasteiger partial charge < -0.3 is 30.2 Å². The summed E-state index contributed by atoms with van der Waals surface area (Å²) in [5.74, 6) is 0.363. The fraction of sp³-hybridized carbons (Fsp3) is 0.278. The molecule has 0 radical (unpaired) electrons. The number of nitrogens with zero attached hydrogens (tertiary/aromatic N) is 2. The number of aromatic nitrogens is 2. The second-order valence-electron chi connectivity index (χ2n) is 12.1. The molecule has 48 heavy (non-hydrogen) atoms. The smallest absolute Gasteiger partial charge is 0.481 e. The third kappa shape index (κ3) is 9.21. The molecule has 1 aliphatic heterocycles. The van der Waals surface area contributed by atoms with Crippen LogP contribution in [-0.2, 0) is 9.31 Å². The van der Waals surface area contributed by atoms with E-state index in [1.165, 1.54) is 31.4 Å². The molecule has 0 aliphatic carbocycles. The quantitative estimate of drug-likeness (QED) is 0.152. The molecule has 0 amide bonds. The molecular formula is C36H42BBrF2N4O4. The Bertz CT molecular complexity index is 1790. The van der Waals surface area contributed by atoms with Gasteiger partial charge in [-0.05, 0) is 116 Å². The van der Waals surface area contributed by atoms with Crippen LogP contribution in [0.3, 0.4) is 0 Å². The summed E-state index contributed by atoms with van der Waals surface area (Å²) in [6.07, 6.45) is 3.29. The molecule has 0 saturated carbocycles. The Labute approximate surface area is 290 Å². The van der Waals surface area contributed by atoms with E-state index in [1.54, 1.807) is 45.5 Å². The highest BCUT2D eigenvalue weighted by molar-refractivity contribution is 9.10. The fourth-order valence-electron chi connectivity index (χ4n) is 4.50. The van der Waals surface area contributed by atoms with Crippen molar-refractivity contribution in [3.8, 4) is 22.9 Å². The lowest BCUT2D eigenvalue weighted by Crippen LogP contribution is -2.41. The van der Waals surface area contributed by atoms with Gasteiger partial charge in [0.05, 0.1) is 31.1 Å². The number of methoxy groups -OCH3 is 2. The maximum absolute atomic E-state index is 13.7. The van der Waals surface area contributed by atoms with Crippen LogP contribution in [0.4, 0.5) is 20.2 Å². The lowest BCUT2D eigenvalue weighted by molar-refractivity contribution is 0.00578. The van der Waals surface area contributed by atoms with E-state index in [0.717, 1.165) is 22.2 Å². The van der Waals surface area contributed by atoms with Gasteiger partial charge in [0.2, 0.25) is 11.8 Å². The molecule has 8 nitrogen and oxygen atoms in total. The number of pyridine rings is 2. The lowest BCUT2D eigenvalue weighted by atomic mass is 9.80. The molecule has 254 valence electrons. The maximum Gasteiger partial charge on any atom is 0.495 e. The van der Waals surface area contributed by atoms with Gasteiger partial charge in [0, 0.05) is 51.4 Å². The lowest BCUT2D eigenvalue weighted by Gasteiger charge is -2.32. The molecule has 12 heteroatoms. The highest BCUT2D eigenvalue weighted by Crippen LogP contribution is 2.37. The average Bonchev–Trinajstić information content (AvgIpc) is 3.26. The number of benzene rings is 2. The van der Waals surface area contributed by atoms with Crippen molar-refractivity contribution in [3.63, 3.8) is 0 Å². The molecule has 3 heterocycles. The van der Waals surface area contributed by atoms with Gasteiger partial charge in [0.1, 0.15) is 11.6 Å². The summed E-state index contributed by atoms with van der Waals surface area (Å²) in [6, 6.07) is 12.7. The Morgan fingerprint density at radius 3 is 1.77 bits per heavy atom. The van der Waals surface area contributed by atoms with Crippen molar-refractivity contribution in [2.45, 2.75) is 52.7 Å². The predicted octanol–water partition coefficient (Wildman–Crippen LogP) is 8.10. The summed E-state index contributed by atoms with van der Waals surface area (Å²) in [5.41, 5.74) is 17.2. The van der Waals surface area contributed by atoms with Gasteiger partial charge in [-0.2, -0.15) is 0 Å². The first-order valence-electron chi connectivity index (χ1n) is 14.9. The van der Waals surface area contributed by atoms with Crippen LogP contribution in [0.2, 0.25) is 0 Å². The van der Waals surface area contributed by atoms with Crippen molar-refractivity contribution >= 4 is 51.0 Å². The summed E-state index contributed by atoms with van der Waals surface area (Å²) < 4.78 is 49.1. The van der Waals surface area contributed by atoms with E-state index in [1.807, 2.05) is 39.8 Å². The number of rotatable bonds is 6. The summed E-state index contributed by atoms with van der Waals surface area (Å²) in [5, 5.41) is 0. The SMILES string of the molecule is C=C(C)c1cc(F)cc(-c2ccnc(OC)c2)c1N.C=C(C)c1cc(F)cc(Br)c1N.COc1cc(B2OC(C)(C)C(C)(C)O2)ccn1. The summed E-state index contributed by atoms with van der Waals surface area (Å²) in [4.78, 5) is 8.09. The Hall–Kier alpha value is -4.26. The summed E-state index contributed by atoms with van der Waals surface area (Å²) in [6.45, 7) is 19.2. The van der Waals surface area contributed by atoms with Gasteiger partial charge in [-0.25, -0.2) is 18.7 Å². The van der Waals surface area contributed by atoms with E-state index < -0.39 is 0 Å². The highest BCUT2D eigenvalue weighted by Gasteiger charge is 2.51. The monoisotopic (exact) mass is 722 g/mol. The van der Waals surface area contributed by atoms with Gasteiger partial charge >= 0.3 is 7.12 Å². The Morgan fingerprint density at radius 1 is 0.771 bits per heavy atom. The molecule has 4 aromatic rings. The minimum atomic E-state index is -0.364. The minimum Gasteiger partial charge on any atom is -0.481 e. The topological polar surface area (TPSA) is 115 Å². The number of allylic oxidation sites excluding steroid dienone is 2. The van der Waals surface area contributed by atoms with Crippen molar-refractivity contribution < 1.29 is 27.6 Å². The van der Waals surface area contributed by atoms with Crippen LogP contribution in [-0.4, -0.2) is 42.5 Å². The van der Waals surface area contributed by atoms with Gasteiger partial charge in [0.15, 0.2) is 0 Å². The van der Waals surface area contributed by atoms with Crippen LogP contribution < -0.4 is 26.4 Å². The molecule has 1 fully saturated rings. The van der Waals surface area contributed by atoms with Crippen molar-refractivity contribution in [1.29, 1.82) is 0 Å². The first kappa shape index (κ1) is 38.2. The normalized spacial score (nSPS) is 14.2. The second-order valence-corrected chi connectivity index (χ2v) is 13.0. The largest absolute Gasteiger partial charge is 0.495 e.